The van der Waals surface area contributed by atoms with Crippen LogP contribution in [0.2, 0.25) is 0 Å². The van der Waals surface area contributed by atoms with Gasteiger partial charge >= 0.3 is 6.11 Å². The van der Waals surface area contributed by atoms with E-state index in [4.69, 9.17) is 0 Å². The molecule has 7 heteroatoms. The van der Waals surface area contributed by atoms with Gasteiger partial charge in [-0.25, -0.2) is 17.6 Å². The van der Waals surface area contributed by atoms with Crippen LogP contribution < -0.4 is 4.74 Å². The molecule has 0 saturated heterocycles. The molecule has 0 unspecified atom stereocenters. The molecular formula is C22H18F6O. The Morgan fingerprint density at radius 3 is 2.17 bits per heavy atom. The average molecular weight is 412 g/mol. The van der Waals surface area contributed by atoms with Gasteiger partial charge in [0.2, 0.25) is 0 Å². The molecular weight excluding hydrogens is 394 g/mol. The SMILES string of the molecule is CCCCCc1cc(F)c(C(F)(F)Oc2ccc3c(F)c(F)ccc3c2)c(F)c1. The highest BCUT2D eigenvalue weighted by Crippen LogP contribution is 2.36. The molecule has 3 aromatic rings. The minimum atomic E-state index is -4.30. The van der Waals surface area contributed by atoms with Gasteiger partial charge < -0.3 is 4.74 Å². The lowest BCUT2D eigenvalue weighted by molar-refractivity contribution is -0.189. The molecule has 0 spiro atoms. The standard InChI is InChI=1S/C22H18F6O/c1-2-3-4-5-13-10-18(24)20(19(25)11-13)22(27,28)29-15-7-8-16-14(12-15)6-9-17(23)21(16)26/h6-12H,2-5H2,1H3. The van der Waals surface area contributed by atoms with Gasteiger partial charge in [-0.15, -0.1) is 0 Å². The topological polar surface area (TPSA) is 9.23 Å². The van der Waals surface area contributed by atoms with Crippen molar-refractivity contribution in [2.24, 2.45) is 0 Å². The Morgan fingerprint density at radius 1 is 0.828 bits per heavy atom. The Balaban J connectivity index is 1.89. The summed E-state index contributed by atoms with van der Waals surface area (Å²) in [5, 5.41) is -0.0288. The number of ether oxygens (including phenoxy) is 1. The lowest BCUT2D eigenvalue weighted by Crippen LogP contribution is -2.25. The molecule has 0 aliphatic carbocycles. The lowest BCUT2D eigenvalue weighted by Gasteiger charge is -2.20. The number of halogens is 6. The minimum Gasteiger partial charge on any atom is -0.429 e. The maximum Gasteiger partial charge on any atom is 0.432 e. The van der Waals surface area contributed by atoms with Crippen molar-refractivity contribution in [3.63, 3.8) is 0 Å². The van der Waals surface area contributed by atoms with Gasteiger partial charge in [-0.1, -0.05) is 25.8 Å². The van der Waals surface area contributed by atoms with Crippen molar-refractivity contribution in [1.82, 2.24) is 0 Å². The van der Waals surface area contributed by atoms with Crippen LogP contribution in [0.4, 0.5) is 26.3 Å². The first kappa shape index (κ1) is 21.0. The normalized spacial score (nSPS) is 11.8. The summed E-state index contributed by atoms with van der Waals surface area (Å²) in [6, 6.07) is 6.87. The molecule has 29 heavy (non-hydrogen) atoms. The maximum absolute atomic E-state index is 14.5. The zero-order valence-corrected chi connectivity index (χ0v) is 15.5. The second-order valence-corrected chi connectivity index (χ2v) is 6.75. The first-order valence-electron chi connectivity index (χ1n) is 9.16. The number of hydrogen-bond acceptors (Lipinski definition) is 1. The van der Waals surface area contributed by atoms with E-state index in [1.54, 1.807) is 0 Å². The van der Waals surface area contributed by atoms with Crippen LogP contribution in [0.3, 0.4) is 0 Å². The van der Waals surface area contributed by atoms with Gasteiger partial charge in [0.25, 0.3) is 0 Å². The average Bonchev–Trinajstić information content (AvgIpc) is 2.64. The molecule has 3 aromatic carbocycles. The molecule has 1 nitrogen and oxygen atoms in total. The number of benzene rings is 3. The number of unbranched alkanes of at least 4 members (excludes halogenated alkanes) is 2. The van der Waals surface area contributed by atoms with E-state index in [1.807, 2.05) is 6.92 Å². The monoisotopic (exact) mass is 412 g/mol. The molecule has 0 bridgehead atoms. The smallest absolute Gasteiger partial charge is 0.429 e. The van der Waals surface area contributed by atoms with Crippen LogP contribution in [0.5, 0.6) is 5.75 Å². The molecule has 0 fully saturated rings. The fourth-order valence-electron chi connectivity index (χ4n) is 3.13. The van der Waals surface area contributed by atoms with E-state index in [9.17, 15) is 26.3 Å². The highest BCUT2D eigenvalue weighted by Gasteiger charge is 2.41. The zero-order valence-electron chi connectivity index (χ0n) is 15.5. The molecule has 3 rings (SSSR count). The summed E-state index contributed by atoms with van der Waals surface area (Å²) in [6.07, 6.45) is -1.46. The second kappa shape index (κ2) is 8.35. The zero-order chi connectivity index (χ0) is 21.2. The van der Waals surface area contributed by atoms with Gasteiger partial charge in [0.05, 0.1) is 0 Å². The Morgan fingerprint density at radius 2 is 1.52 bits per heavy atom. The van der Waals surface area contributed by atoms with E-state index in [0.29, 0.717) is 12.8 Å². The Bertz CT molecular complexity index is 1010. The summed E-state index contributed by atoms with van der Waals surface area (Å²) in [5.74, 6) is -5.47. The maximum atomic E-state index is 14.5. The first-order chi connectivity index (χ1) is 13.7. The number of rotatable bonds is 7. The largest absolute Gasteiger partial charge is 0.432 e. The summed E-state index contributed by atoms with van der Waals surface area (Å²) >= 11 is 0. The predicted molar refractivity (Wildman–Crippen MR) is 98.0 cm³/mol. The summed E-state index contributed by atoms with van der Waals surface area (Å²) in [5.41, 5.74) is -1.21. The van der Waals surface area contributed by atoms with Gasteiger partial charge in [-0.2, -0.15) is 8.78 Å². The second-order valence-electron chi connectivity index (χ2n) is 6.75. The predicted octanol–water partition coefficient (Wildman–Crippen LogP) is 7.26. The molecule has 0 aliphatic heterocycles. The van der Waals surface area contributed by atoms with Crippen LogP contribution in [0, 0.1) is 23.3 Å². The molecule has 0 saturated carbocycles. The van der Waals surface area contributed by atoms with Crippen molar-refractivity contribution in [3.05, 3.63) is 76.9 Å². The summed E-state index contributed by atoms with van der Waals surface area (Å²) in [4.78, 5) is 0. The van der Waals surface area contributed by atoms with Gasteiger partial charge in [0, 0.05) is 5.39 Å². The van der Waals surface area contributed by atoms with Crippen LogP contribution in [-0.4, -0.2) is 0 Å². The Kier molecular flexibility index (Phi) is 6.05. The Hall–Kier alpha value is -2.70. The van der Waals surface area contributed by atoms with Crippen LogP contribution in [0.15, 0.2) is 42.5 Å². The van der Waals surface area contributed by atoms with E-state index in [2.05, 4.69) is 4.74 Å². The highest BCUT2D eigenvalue weighted by atomic mass is 19.3. The van der Waals surface area contributed by atoms with Crippen LogP contribution >= 0.6 is 0 Å². The van der Waals surface area contributed by atoms with E-state index in [-0.39, 0.29) is 16.3 Å². The van der Waals surface area contributed by atoms with Crippen LogP contribution in [-0.2, 0) is 12.5 Å². The molecule has 0 aliphatic rings. The number of fused-ring (bicyclic) bond motifs is 1. The van der Waals surface area contributed by atoms with Gasteiger partial charge in [-0.3, -0.25) is 0 Å². The quantitative estimate of drug-likeness (QED) is 0.293. The third kappa shape index (κ3) is 4.49. The van der Waals surface area contributed by atoms with Crippen molar-refractivity contribution in [1.29, 1.82) is 0 Å². The molecule has 0 aromatic heterocycles. The van der Waals surface area contributed by atoms with Gasteiger partial charge in [0.15, 0.2) is 11.6 Å². The van der Waals surface area contributed by atoms with Crippen LogP contribution in [0.1, 0.15) is 37.3 Å². The van der Waals surface area contributed by atoms with E-state index in [1.165, 1.54) is 6.07 Å². The van der Waals surface area contributed by atoms with E-state index >= 15 is 0 Å². The molecule has 0 N–H and O–H groups in total. The molecule has 0 radical (unpaired) electrons. The van der Waals surface area contributed by atoms with Crippen molar-refractivity contribution in [3.8, 4) is 5.75 Å². The molecule has 0 amide bonds. The number of hydrogen-bond donors (Lipinski definition) is 0. The highest BCUT2D eigenvalue weighted by molar-refractivity contribution is 5.84. The summed E-state index contributed by atoms with van der Waals surface area (Å²) < 4.78 is 89.1. The minimum absolute atomic E-state index is 0.101. The van der Waals surface area contributed by atoms with Gasteiger partial charge in [0.1, 0.15) is 22.9 Å². The number of aryl methyl sites for hydroxylation is 1. The fourth-order valence-corrected chi connectivity index (χ4v) is 3.13. The van der Waals surface area contributed by atoms with Crippen molar-refractivity contribution in [2.45, 2.75) is 38.7 Å². The lowest BCUT2D eigenvalue weighted by atomic mass is 10.0. The molecule has 0 heterocycles. The Labute approximate surface area is 163 Å². The van der Waals surface area contributed by atoms with Crippen LogP contribution in [0.25, 0.3) is 10.8 Å². The summed E-state index contributed by atoms with van der Waals surface area (Å²) in [6.45, 7) is 1.97. The van der Waals surface area contributed by atoms with Crippen molar-refractivity contribution in [2.75, 3.05) is 0 Å². The van der Waals surface area contributed by atoms with Gasteiger partial charge in [-0.05, 0) is 60.2 Å². The number of alkyl halides is 2. The van der Waals surface area contributed by atoms with Crippen molar-refractivity contribution >= 4 is 10.8 Å². The molecule has 154 valence electrons. The third-order valence-corrected chi connectivity index (χ3v) is 4.59. The fraction of sp³-hybridized carbons (Fsp3) is 0.273. The summed E-state index contributed by atoms with van der Waals surface area (Å²) in [7, 11) is 0. The van der Waals surface area contributed by atoms with E-state index in [0.717, 1.165) is 49.2 Å². The van der Waals surface area contributed by atoms with E-state index < -0.39 is 40.7 Å². The third-order valence-electron chi connectivity index (χ3n) is 4.59. The van der Waals surface area contributed by atoms with Crippen molar-refractivity contribution < 1.29 is 31.1 Å². The first-order valence-corrected chi connectivity index (χ1v) is 9.16. The molecule has 0 atom stereocenters.